The van der Waals surface area contributed by atoms with Gasteiger partial charge in [0.15, 0.2) is 0 Å². The molecule has 0 aliphatic rings. The van der Waals surface area contributed by atoms with E-state index in [9.17, 15) is 5.11 Å². The smallest absolute Gasteiger partial charge is 0.143 e. The molecule has 0 radical (unpaired) electrons. The molecule has 3 aromatic rings. The zero-order valence-electron chi connectivity index (χ0n) is 11.9. The number of rotatable bonds is 5. The van der Waals surface area contributed by atoms with Crippen LogP contribution in [0.3, 0.4) is 0 Å². The average Bonchev–Trinajstić information content (AvgIpc) is 2.91. The van der Waals surface area contributed by atoms with Crippen molar-refractivity contribution in [3.63, 3.8) is 0 Å². The summed E-state index contributed by atoms with van der Waals surface area (Å²) in [5.41, 5.74) is 2.74. The number of para-hydroxylation sites is 2. The maximum Gasteiger partial charge on any atom is 0.143 e. The van der Waals surface area contributed by atoms with Gasteiger partial charge in [0, 0.05) is 13.7 Å². The Morgan fingerprint density at radius 1 is 1.10 bits per heavy atom. The first-order chi connectivity index (χ1) is 10.3. The van der Waals surface area contributed by atoms with Crippen LogP contribution in [0.5, 0.6) is 0 Å². The van der Waals surface area contributed by atoms with Gasteiger partial charge >= 0.3 is 0 Å². The van der Waals surface area contributed by atoms with E-state index < -0.39 is 6.10 Å². The van der Waals surface area contributed by atoms with Crippen molar-refractivity contribution in [1.29, 1.82) is 0 Å². The summed E-state index contributed by atoms with van der Waals surface area (Å²) in [6.07, 6.45) is -0.740. The Labute approximate surface area is 123 Å². The van der Waals surface area contributed by atoms with E-state index in [1.807, 2.05) is 59.2 Å². The van der Waals surface area contributed by atoms with E-state index in [-0.39, 0.29) is 0 Å². The third kappa shape index (κ3) is 2.68. The van der Waals surface area contributed by atoms with Gasteiger partial charge in [-0.15, -0.1) is 0 Å². The molecule has 0 fully saturated rings. The van der Waals surface area contributed by atoms with Gasteiger partial charge in [0.25, 0.3) is 0 Å². The molecular weight excluding hydrogens is 264 g/mol. The topological polar surface area (TPSA) is 47.3 Å². The minimum absolute atomic E-state index is 0.578. The molecule has 0 spiro atoms. The summed E-state index contributed by atoms with van der Waals surface area (Å²) in [4.78, 5) is 4.60. The third-order valence-corrected chi connectivity index (χ3v) is 3.56. The summed E-state index contributed by atoms with van der Waals surface area (Å²) >= 11 is 0. The van der Waals surface area contributed by atoms with Gasteiger partial charge in [-0.25, -0.2) is 4.98 Å². The van der Waals surface area contributed by atoms with E-state index in [1.165, 1.54) is 0 Å². The van der Waals surface area contributed by atoms with Gasteiger partial charge in [0.05, 0.1) is 17.6 Å². The fourth-order valence-corrected chi connectivity index (χ4v) is 2.50. The van der Waals surface area contributed by atoms with Crippen molar-refractivity contribution in [2.75, 3.05) is 13.7 Å². The highest BCUT2D eigenvalue weighted by atomic mass is 16.5. The molecule has 4 nitrogen and oxygen atoms in total. The van der Waals surface area contributed by atoms with Gasteiger partial charge < -0.3 is 14.4 Å². The molecule has 0 unspecified atom stereocenters. The van der Waals surface area contributed by atoms with Gasteiger partial charge in [-0.2, -0.15) is 0 Å². The van der Waals surface area contributed by atoms with E-state index in [2.05, 4.69) is 4.98 Å². The van der Waals surface area contributed by atoms with Crippen LogP contribution in [0.1, 0.15) is 17.5 Å². The number of hydrogen-bond donors (Lipinski definition) is 1. The molecule has 1 atom stereocenters. The first-order valence-electron chi connectivity index (χ1n) is 6.98. The van der Waals surface area contributed by atoms with E-state index in [0.717, 1.165) is 16.6 Å². The lowest BCUT2D eigenvalue weighted by atomic mass is 10.1. The zero-order valence-corrected chi connectivity index (χ0v) is 11.9. The van der Waals surface area contributed by atoms with E-state index in [1.54, 1.807) is 7.11 Å². The van der Waals surface area contributed by atoms with Crippen molar-refractivity contribution < 1.29 is 9.84 Å². The van der Waals surface area contributed by atoms with Gasteiger partial charge in [-0.05, 0) is 17.7 Å². The van der Waals surface area contributed by atoms with E-state index >= 15 is 0 Å². The number of ether oxygens (including phenoxy) is 1. The quantitative estimate of drug-likeness (QED) is 0.782. The normalized spacial score (nSPS) is 12.7. The molecule has 0 saturated heterocycles. The molecule has 21 heavy (non-hydrogen) atoms. The van der Waals surface area contributed by atoms with Gasteiger partial charge in [0.1, 0.15) is 11.9 Å². The summed E-state index contributed by atoms with van der Waals surface area (Å²) in [7, 11) is 1.67. The highest BCUT2D eigenvalue weighted by molar-refractivity contribution is 5.76. The fraction of sp³-hybridized carbons (Fsp3) is 0.235. The Morgan fingerprint density at radius 2 is 1.81 bits per heavy atom. The molecule has 1 heterocycles. The zero-order chi connectivity index (χ0) is 14.7. The lowest BCUT2D eigenvalue weighted by Gasteiger charge is -2.14. The maximum atomic E-state index is 10.6. The molecule has 3 rings (SSSR count). The Morgan fingerprint density at radius 3 is 2.57 bits per heavy atom. The molecule has 1 N–H and O–H groups in total. The first kappa shape index (κ1) is 13.8. The van der Waals surface area contributed by atoms with Crippen molar-refractivity contribution in [1.82, 2.24) is 9.55 Å². The van der Waals surface area contributed by atoms with Crippen LogP contribution in [0, 0.1) is 0 Å². The number of nitrogens with zero attached hydrogens (tertiary/aromatic N) is 2. The lowest BCUT2D eigenvalue weighted by Crippen LogP contribution is -2.12. The molecule has 0 saturated carbocycles. The van der Waals surface area contributed by atoms with Crippen molar-refractivity contribution in [2.45, 2.75) is 12.6 Å². The van der Waals surface area contributed by atoms with Crippen LogP contribution >= 0.6 is 0 Å². The molecule has 0 aliphatic heterocycles. The number of hydrogen-bond acceptors (Lipinski definition) is 3. The molecule has 1 aromatic heterocycles. The Balaban J connectivity index is 2.08. The lowest BCUT2D eigenvalue weighted by molar-refractivity contribution is 0.175. The number of imidazole rings is 1. The Bertz CT molecular complexity index is 722. The second-order valence-corrected chi connectivity index (χ2v) is 4.92. The van der Waals surface area contributed by atoms with Crippen molar-refractivity contribution >= 4 is 11.0 Å². The predicted molar refractivity (Wildman–Crippen MR) is 82.1 cm³/mol. The number of aliphatic hydroxyl groups is 1. The van der Waals surface area contributed by atoms with Crippen LogP contribution in [-0.2, 0) is 11.3 Å². The Kier molecular flexibility index (Phi) is 3.99. The highest BCUT2D eigenvalue weighted by Crippen LogP contribution is 2.25. The fourth-order valence-electron chi connectivity index (χ4n) is 2.50. The van der Waals surface area contributed by atoms with Crippen LogP contribution in [0.4, 0.5) is 0 Å². The summed E-state index contributed by atoms with van der Waals surface area (Å²) in [6.45, 7) is 1.24. The van der Waals surface area contributed by atoms with Crippen LogP contribution in [0.2, 0.25) is 0 Å². The largest absolute Gasteiger partial charge is 0.383 e. The summed E-state index contributed by atoms with van der Waals surface area (Å²) < 4.78 is 7.20. The molecule has 0 amide bonds. The van der Waals surface area contributed by atoms with Gasteiger partial charge in [-0.3, -0.25) is 0 Å². The first-order valence-corrected chi connectivity index (χ1v) is 6.98. The molecule has 0 aliphatic carbocycles. The van der Waals surface area contributed by atoms with Crippen LogP contribution in [-0.4, -0.2) is 28.4 Å². The van der Waals surface area contributed by atoms with E-state index in [4.69, 9.17) is 4.74 Å². The minimum Gasteiger partial charge on any atom is -0.383 e. The SMILES string of the molecule is COCCn1c([C@H](O)c2ccccc2)nc2ccccc21. The van der Waals surface area contributed by atoms with Crippen LogP contribution in [0.15, 0.2) is 54.6 Å². The van der Waals surface area contributed by atoms with Gasteiger partial charge in [-0.1, -0.05) is 42.5 Å². The summed E-state index contributed by atoms with van der Waals surface area (Å²) in [5, 5.41) is 10.6. The Hall–Kier alpha value is -2.17. The van der Waals surface area contributed by atoms with Crippen molar-refractivity contribution in [3.8, 4) is 0 Å². The highest BCUT2D eigenvalue weighted by Gasteiger charge is 2.19. The van der Waals surface area contributed by atoms with Crippen LogP contribution in [0.25, 0.3) is 11.0 Å². The standard InChI is InChI=1S/C17H18N2O2/c1-21-12-11-19-15-10-6-5-9-14(15)18-17(19)16(20)13-7-3-2-4-8-13/h2-10,16,20H,11-12H2,1H3/t16-/m1/s1. The number of aromatic nitrogens is 2. The third-order valence-electron chi connectivity index (χ3n) is 3.56. The summed E-state index contributed by atoms with van der Waals surface area (Å²) in [5.74, 6) is 0.652. The molecule has 108 valence electrons. The molecule has 4 heteroatoms. The molecular formula is C17H18N2O2. The second kappa shape index (κ2) is 6.08. The second-order valence-electron chi connectivity index (χ2n) is 4.92. The molecule has 0 bridgehead atoms. The maximum absolute atomic E-state index is 10.6. The molecule has 2 aromatic carbocycles. The van der Waals surface area contributed by atoms with Gasteiger partial charge in [0.2, 0.25) is 0 Å². The van der Waals surface area contributed by atoms with Crippen LogP contribution < -0.4 is 0 Å². The van der Waals surface area contributed by atoms with E-state index in [0.29, 0.717) is 19.0 Å². The number of methoxy groups -OCH3 is 1. The van der Waals surface area contributed by atoms with Crippen molar-refractivity contribution in [2.24, 2.45) is 0 Å². The summed E-state index contributed by atoms with van der Waals surface area (Å²) in [6, 6.07) is 17.5. The number of fused-ring (bicyclic) bond motifs is 1. The monoisotopic (exact) mass is 282 g/mol. The number of aliphatic hydroxyl groups excluding tert-OH is 1. The van der Waals surface area contributed by atoms with Crippen molar-refractivity contribution in [3.05, 3.63) is 66.0 Å². The predicted octanol–water partition coefficient (Wildman–Crippen LogP) is 2.76. The number of benzene rings is 2. The average molecular weight is 282 g/mol. The minimum atomic E-state index is -0.740.